The first kappa shape index (κ1) is 15.1. The summed E-state index contributed by atoms with van der Waals surface area (Å²) in [4.78, 5) is 25.3. The summed E-state index contributed by atoms with van der Waals surface area (Å²) in [5, 5.41) is 13.1. The van der Waals surface area contributed by atoms with Crippen LogP contribution < -0.4 is 4.74 Å². The maximum atomic E-state index is 12.7. The number of aryl methyl sites for hydroxylation is 1. The van der Waals surface area contributed by atoms with E-state index in [1.807, 2.05) is 0 Å². The summed E-state index contributed by atoms with van der Waals surface area (Å²) in [6.07, 6.45) is 3.75. The molecule has 120 valence electrons. The Balaban J connectivity index is 1.80. The van der Waals surface area contributed by atoms with Crippen molar-refractivity contribution in [3.05, 3.63) is 42.2 Å². The van der Waals surface area contributed by atoms with Crippen LogP contribution in [0.15, 0.2) is 36.7 Å². The van der Waals surface area contributed by atoms with E-state index in [0.717, 1.165) is 0 Å². The number of carboxylic acid groups (broad SMARTS) is 1. The van der Waals surface area contributed by atoms with Gasteiger partial charge in [-0.25, -0.2) is 0 Å². The minimum Gasteiger partial charge on any atom is -0.481 e. The molecule has 1 fully saturated rings. The van der Waals surface area contributed by atoms with Crippen molar-refractivity contribution in [3.63, 3.8) is 0 Å². The average molecular weight is 315 g/mol. The number of aromatic nitrogens is 2. The van der Waals surface area contributed by atoms with Gasteiger partial charge in [0.1, 0.15) is 5.75 Å². The van der Waals surface area contributed by atoms with Crippen LogP contribution in [0.2, 0.25) is 0 Å². The summed E-state index contributed by atoms with van der Waals surface area (Å²) in [5.74, 6) is -0.597. The smallest absolute Gasteiger partial charge is 0.308 e. The highest BCUT2D eigenvalue weighted by atomic mass is 16.5. The molecule has 1 aliphatic heterocycles. The number of ether oxygens (including phenoxy) is 1. The van der Waals surface area contributed by atoms with E-state index in [4.69, 9.17) is 9.84 Å². The molecule has 1 aliphatic rings. The molecule has 1 aromatic heterocycles. The minimum atomic E-state index is -0.861. The summed E-state index contributed by atoms with van der Waals surface area (Å²) >= 11 is 0. The van der Waals surface area contributed by atoms with Crippen LogP contribution in [0.4, 0.5) is 0 Å². The first-order chi connectivity index (χ1) is 11.0. The van der Waals surface area contributed by atoms with Crippen LogP contribution in [0.3, 0.4) is 0 Å². The van der Waals surface area contributed by atoms with Crippen molar-refractivity contribution in [1.82, 2.24) is 14.7 Å². The lowest BCUT2D eigenvalue weighted by Gasteiger charge is -2.17. The number of amides is 1. The topological polar surface area (TPSA) is 84.7 Å². The standard InChI is InChI=1S/C16H17N3O4/c1-18-10-12(8-17-18)23-14-5-3-2-4-13(14)15(20)19-7-6-11(9-19)16(21)22/h2-5,8,10-11H,6-7,9H2,1H3,(H,21,22). The van der Waals surface area contributed by atoms with Gasteiger partial charge in [0.2, 0.25) is 0 Å². The van der Waals surface area contributed by atoms with Crippen molar-refractivity contribution in [1.29, 1.82) is 0 Å². The van der Waals surface area contributed by atoms with Crippen LogP contribution in [-0.2, 0) is 11.8 Å². The predicted molar refractivity (Wildman–Crippen MR) is 81.4 cm³/mol. The third-order valence-corrected chi connectivity index (χ3v) is 3.85. The van der Waals surface area contributed by atoms with Crippen molar-refractivity contribution in [2.45, 2.75) is 6.42 Å². The molecule has 0 spiro atoms. The fourth-order valence-corrected chi connectivity index (χ4v) is 2.63. The molecule has 1 unspecified atom stereocenters. The van der Waals surface area contributed by atoms with Crippen LogP contribution in [0.25, 0.3) is 0 Å². The van der Waals surface area contributed by atoms with E-state index in [0.29, 0.717) is 30.0 Å². The van der Waals surface area contributed by atoms with E-state index in [1.165, 1.54) is 0 Å². The molecule has 2 aromatic rings. The van der Waals surface area contributed by atoms with Crippen LogP contribution in [-0.4, -0.2) is 44.8 Å². The molecule has 1 aromatic carbocycles. The van der Waals surface area contributed by atoms with Gasteiger partial charge in [-0.3, -0.25) is 14.3 Å². The lowest BCUT2D eigenvalue weighted by Crippen LogP contribution is -2.30. The van der Waals surface area contributed by atoms with Gasteiger partial charge in [-0.15, -0.1) is 0 Å². The van der Waals surface area contributed by atoms with Gasteiger partial charge in [0.05, 0.1) is 23.9 Å². The first-order valence-corrected chi connectivity index (χ1v) is 7.32. The molecule has 0 bridgehead atoms. The molecule has 1 N–H and O–H groups in total. The predicted octanol–water partition coefficient (Wildman–Crippen LogP) is 1.76. The number of likely N-dealkylation sites (tertiary alicyclic amines) is 1. The van der Waals surface area contributed by atoms with Crippen molar-refractivity contribution in [3.8, 4) is 11.5 Å². The van der Waals surface area contributed by atoms with Gasteiger partial charge >= 0.3 is 5.97 Å². The molecule has 0 radical (unpaired) electrons. The molecule has 1 saturated heterocycles. The van der Waals surface area contributed by atoms with Gasteiger partial charge in [0.25, 0.3) is 5.91 Å². The summed E-state index contributed by atoms with van der Waals surface area (Å²) in [6, 6.07) is 6.94. The van der Waals surface area contributed by atoms with E-state index in [2.05, 4.69) is 5.10 Å². The molecule has 2 heterocycles. The molecule has 0 saturated carbocycles. The first-order valence-electron chi connectivity index (χ1n) is 7.32. The van der Waals surface area contributed by atoms with E-state index < -0.39 is 11.9 Å². The molecule has 23 heavy (non-hydrogen) atoms. The lowest BCUT2D eigenvalue weighted by atomic mass is 10.1. The number of nitrogens with zero attached hydrogens (tertiary/aromatic N) is 3. The Morgan fingerprint density at radius 3 is 2.78 bits per heavy atom. The molecular formula is C16H17N3O4. The van der Waals surface area contributed by atoms with Gasteiger partial charge in [0.15, 0.2) is 5.75 Å². The third-order valence-electron chi connectivity index (χ3n) is 3.85. The summed E-state index contributed by atoms with van der Waals surface area (Å²) in [5.41, 5.74) is 0.419. The third kappa shape index (κ3) is 3.18. The summed E-state index contributed by atoms with van der Waals surface area (Å²) < 4.78 is 7.35. The van der Waals surface area contributed by atoms with Crippen molar-refractivity contribution < 1.29 is 19.4 Å². The van der Waals surface area contributed by atoms with E-state index >= 15 is 0 Å². The highest BCUT2D eigenvalue weighted by Crippen LogP contribution is 2.27. The van der Waals surface area contributed by atoms with Gasteiger partial charge < -0.3 is 14.7 Å². The van der Waals surface area contributed by atoms with Gasteiger partial charge in [0, 0.05) is 20.1 Å². The van der Waals surface area contributed by atoms with Gasteiger partial charge in [-0.1, -0.05) is 12.1 Å². The summed E-state index contributed by atoms with van der Waals surface area (Å²) in [6.45, 7) is 0.673. The maximum absolute atomic E-state index is 12.7. The molecular weight excluding hydrogens is 298 g/mol. The van der Waals surface area contributed by atoms with Crippen LogP contribution in [0, 0.1) is 5.92 Å². The quantitative estimate of drug-likeness (QED) is 0.929. The minimum absolute atomic E-state index is 0.215. The molecule has 3 rings (SSSR count). The average Bonchev–Trinajstić information content (AvgIpc) is 3.16. The Hall–Kier alpha value is -2.83. The lowest BCUT2D eigenvalue weighted by molar-refractivity contribution is -0.141. The van der Waals surface area contributed by atoms with Gasteiger partial charge in [-0.2, -0.15) is 5.10 Å². The second kappa shape index (κ2) is 6.12. The number of hydrogen-bond acceptors (Lipinski definition) is 4. The number of carbonyl (C=O) groups excluding carboxylic acids is 1. The van der Waals surface area contributed by atoms with Crippen molar-refractivity contribution in [2.24, 2.45) is 13.0 Å². The Bertz CT molecular complexity index is 740. The molecule has 0 aliphatic carbocycles. The van der Waals surface area contributed by atoms with Gasteiger partial charge in [-0.05, 0) is 18.6 Å². The van der Waals surface area contributed by atoms with Crippen molar-refractivity contribution >= 4 is 11.9 Å². The molecule has 1 atom stereocenters. The second-order valence-corrected chi connectivity index (χ2v) is 5.52. The molecule has 7 heteroatoms. The second-order valence-electron chi connectivity index (χ2n) is 5.52. The number of carboxylic acids is 1. The van der Waals surface area contributed by atoms with Crippen LogP contribution >= 0.6 is 0 Å². The van der Waals surface area contributed by atoms with Crippen molar-refractivity contribution in [2.75, 3.05) is 13.1 Å². The SMILES string of the molecule is Cn1cc(Oc2ccccc2C(=O)N2CCC(C(=O)O)C2)cn1. The number of para-hydroxylation sites is 1. The number of rotatable bonds is 4. The Labute approximate surface area is 133 Å². The highest BCUT2D eigenvalue weighted by Gasteiger charge is 2.32. The summed E-state index contributed by atoms with van der Waals surface area (Å²) in [7, 11) is 1.78. The zero-order valence-corrected chi connectivity index (χ0v) is 12.7. The molecule has 7 nitrogen and oxygen atoms in total. The largest absolute Gasteiger partial charge is 0.481 e. The number of aliphatic carboxylic acids is 1. The number of hydrogen-bond donors (Lipinski definition) is 1. The molecule has 1 amide bonds. The number of benzene rings is 1. The Kier molecular flexibility index (Phi) is 4.01. The number of carbonyl (C=O) groups is 2. The zero-order valence-electron chi connectivity index (χ0n) is 12.7. The normalized spacial score (nSPS) is 17.3. The van der Waals surface area contributed by atoms with E-state index in [-0.39, 0.29) is 12.5 Å². The highest BCUT2D eigenvalue weighted by molar-refractivity contribution is 5.97. The Morgan fingerprint density at radius 1 is 1.35 bits per heavy atom. The Morgan fingerprint density at radius 2 is 2.13 bits per heavy atom. The fourth-order valence-electron chi connectivity index (χ4n) is 2.63. The van der Waals surface area contributed by atoms with E-state index in [1.54, 1.807) is 53.3 Å². The van der Waals surface area contributed by atoms with E-state index in [9.17, 15) is 9.59 Å². The monoisotopic (exact) mass is 315 g/mol. The maximum Gasteiger partial charge on any atom is 0.308 e. The fraction of sp³-hybridized carbons (Fsp3) is 0.312. The van der Waals surface area contributed by atoms with Crippen LogP contribution in [0.5, 0.6) is 11.5 Å². The zero-order chi connectivity index (χ0) is 16.4. The van der Waals surface area contributed by atoms with Crippen LogP contribution in [0.1, 0.15) is 16.8 Å².